The molecule has 0 aromatic heterocycles. The van der Waals surface area contributed by atoms with E-state index in [-0.39, 0.29) is 0 Å². The van der Waals surface area contributed by atoms with Crippen LogP contribution in [0, 0.1) is 5.92 Å². The molecule has 1 rings (SSSR count). The summed E-state index contributed by atoms with van der Waals surface area (Å²) in [6, 6.07) is 0.860. The van der Waals surface area contributed by atoms with Crippen LogP contribution in [-0.4, -0.2) is 31.1 Å². The summed E-state index contributed by atoms with van der Waals surface area (Å²) in [6.45, 7) is 4.12. The fourth-order valence-corrected chi connectivity index (χ4v) is 1.82. The van der Waals surface area contributed by atoms with Gasteiger partial charge in [0.25, 0.3) is 0 Å². The highest BCUT2D eigenvalue weighted by Gasteiger charge is 2.38. The van der Waals surface area contributed by atoms with Crippen LogP contribution in [0.15, 0.2) is 0 Å². The van der Waals surface area contributed by atoms with Gasteiger partial charge >= 0.3 is 0 Å². The minimum atomic E-state index is 0.797. The van der Waals surface area contributed by atoms with Gasteiger partial charge in [-0.25, -0.2) is 0 Å². The van der Waals surface area contributed by atoms with Gasteiger partial charge in [0.2, 0.25) is 0 Å². The minimum absolute atomic E-state index is 0.797. The Morgan fingerprint density at radius 1 is 1.55 bits per heavy atom. The Kier molecular flexibility index (Phi) is 3.34. The van der Waals surface area contributed by atoms with Crippen molar-refractivity contribution < 1.29 is 0 Å². The summed E-state index contributed by atoms with van der Waals surface area (Å²) in [5.41, 5.74) is 5.47. The Bertz CT molecular complexity index is 114. The summed E-state index contributed by atoms with van der Waals surface area (Å²) in [6.07, 6.45) is 4.14. The number of nitrogens with two attached hydrogens (primary N) is 1. The summed E-state index contributed by atoms with van der Waals surface area (Å²) < 4.78 is 0. The molecular formula is C9H20N2. The molecule has 0 bridgehead atoms. The van der Waals surface area contributed by atoms with E-state index in [1.807, 2.05) is 0 Å². The zero-order chi connectivity index (χ0) is 8.27. The van der Waals surface area contributed by atoms with E-state index in [2.05, 4.69) is 18.9 Å². The van der Waals surface area contributed by atoms with Gasteiger partial charge in [0.15, 0.2) is 0 Å². The smallest absolute Gasteiger partial charge is 0.0125 e. The highest BCUT2D eigenvalue weighted by molar-refractivity contribution is 4.93. The zero-order valence-corrected chi connectivity index (χ0v) is 7.71. The zero-order valence-electron chi connectivity index (χ0n) is 7.71. The lowest BCUT2D eigenvalue weighted by Crippen LogP contribution is -2.28. The molecule has 0 aliphatic heterocycles. The van der Waals surface area contributed by atoms with Crippen molar-refractivity contribution in [1.29, 1.82) is 0 Å². The first kappa shape index (κ1) is 9.01. The molecule has 0 aromatic rings. The molecule has 1 aliphatic rings. The minimum Gasteiger partial charge on any atom is -0.329 e. The van der Waals surface area contributed by atoms with Gasteiger partial charge in [-0.05, 0) is 25.8 Å². The number of rotatable bonds is 5. The largest absolute Gasteiger partial charge is 0.329 e. The van der Waals surface area contributed by atoms with Crippen LogP contribution in [0.2, 0.25) is 0 Å². The Morgan fingerprint density at radius 3 is 2.82 bits per heavy atom. The van der Waals surface area contributed by atoms with Crippen LogP contribution < -0.4 is 5.73 Å². The average Bonchev–Trinajstić information content (AvgIpc) is 2.69. The lowest BCUT2D eigenvalue weighted by molar-refractivity contribution is 0.314. The maximum absolute atomic E-state index is 5.47. The van der Waals surface area contributed by atoms with Crippen molar-refractivity contribution >= 4 is 0 Å². The van der Waals surface area contributed by atoms with Crippen molar-refractivity contribution in [2.24, 2.45) is 11.7 Å². The molecule has 0 spiro atoms. The molecule has 2 nitrogen and oxygen atoms in total. The summed E-state index contributed by atoms with van der Waals surface area (Å²) in [7, 11) is 2.19. The Labute approximate surface area is 69.8 Å². The molecule has 0 amide bonds. The lowest BCUT2D eigenvalue weighted by Gasteiger charge is -2.14. The van der Waals surface area contributed by atoms with Gasteiger partial charge in [0.1, 0.15) is 0 Å². The second-order valence-electron chi connectivity index (χ2n) is 3.62. The topological polar surface area (TPSA) is 29.3 Å². The molecule has 2 heteroatoms. The van der Waals surface area contributed by atoms with E-state index in [9.17, 15) is 0 Å². The number of hydrogen-bond acceptors (Lipinski definition) is 2. The first-order valence-corrected chi connectivity index (χ1v) is 4.70. The molecule has 0 heterocycles. The van der Waals surface area contributed by atoms with E-state index in [1.165, 1.54) is 19.3 Å². The third-order valence-electron chi connectivity index (χ3n) is 2.59. The van der Waals surface area contributed by atoms with E-state index in [0.29, 0.717) is 0 Å². The molecule has 0 aromatic carbocycles. The van der Waals surface area contributed by atoms with E-state index < -0.39 is 0 Å². The summed E-state index contributed by atoms with van der Waals surface area (Å²) >= 11 is 0. The Morgan fingerprint density at radius 2 is 2.27 bits per heavy atom. The second-order valence-corrected chi connectivity index (χ2v) is 3.62. The van der Waals surface area contributed by atoms with Crippen molar-refractivity contribution in [2.75, 3.05) is 20.1 Å². The number of nitrogens with zero attached hydrogens (tertiary/aromatic N) is 1. The molecule has 1 fully saturated rings. The molecule has 11 heavy (non-hydrogen) atoms. The summed E-state index contributed by atoms with van der Waals surface area (Å²) in [4.78, 5) is 2.40. The van der Waals surface area contributed by atoms with Crippen molar-refractivity contribution in [3.8, 4) is 0 Å². The Balaban J connectivity index is 2.10. The maximum atomic E-state index is 5.47. The SMILES string of the molecule is CCCC1CC1N(C)CCN. The average molecular weight is 156 g/mol. The predicted octanol–water partition coefficient (Wildman–Crippen LogP) is 1.07. The van der Waals surface area contributed by atoms with Crippen molar-refractivity contribution in [1.82, 2.24) is 4.90 Å². The van der Waals surface area contributed by atoms with Crippen molar-refractivity contribution in [3.05, 3.63) is 0 Å². The predicted molar refractivity (Wildman–Crippen MR) is 48.5 cm³/mol. The number of hydrogen-bond donors (Lipinski definition) is 1. The van der Waals surface area contributed by atoms with Crippen molar-refractivity contribution in [3.63, 3.8) is 0 Å². The molecule has 66 valence electrons. The van der Waals surface area contributed by atoms with Crippen LogP contribution in [0.3, 0.4) is 0 Å². The van der Waals surface area contributed by atoms with Crippen LogP contribution >= 0.6 is 0 Å². The van der Waals surface area contributed by atoms with Crippen molar-refractivity contribution in [2.45, 2.75) is 32.2 Å². The maximum Gasteiger partial charge on any atom is 0.0125 e. The van der Waals surface area contributed by atoms with Gasteiger partial charge in [0.05, 0.1) is 0 Å². The van der Waals surface area contributed by atoms with Crippen LogP contribution in [-0.2, 0) is 0 Å². The monoisotopic (exact) mass is 156 g/mol. The molecule has 1 aliphatic carbocycles. The normalized spacial score (nSPS) is 29.5. The third kappa shape index (κ3) is 2.46. The fourth-order valence-electron chi connectivity index (χ4n) is 1.82. The molecule has 0 saturated heterocycles. The summed E-state index contributed by atoms with van der Waals surface area (Å²) in [5.74, 6) is 0.983. The van der Waals surface area contributed by atoms with Gasteiger partial charge in [-0.2, -0.15) is 0 Å². The van der Waals surface area contributed by atoms with Crippen LogP contribution in [0.5, 0.6) is 0 Å². The quantitative estimate of drug-likeness (QED) is 0.645. The molecule has 2 N–H and O–H groups in total. The first-order valence-electron chi connectivity index (χ1n) is 4.70. The van der Waals surface area contributed by atoms with Gasteiger partial charge in [0, 0.05) is 19.1 Å². The highest BCUT2D eigenvalue weighted by atomic mass is 15.2. The highest BCUT2D eigenvalue weighted by Crippen LogP contribution is 2.38. The Hall–Kier alpha value is -0.0800. The fraction of sp³-hybridized carbons (Fsp3) is 1.00. The van der Waals surface area contributed by atoms with Gasteiger partial charge in [-0.15, -0.1) is 0 Å². The third-order valence-corrected chi connectivity index (χ3v) is 2.59. The summed E-state index contributed by atoms with van der Waals surface area (Å²) in [5, 5.41) is 0. The number of likely N-dealkylation sites (N-methyl/N-ethyl adjacent to an activating group) is 1. The second kappa shape index (κ2) is 4.07. The molecule has 2 unspecified atom stereocenters. The standard InChI is InChI=1S/C9H20N2/c1-3-4-8-7-9(8)11(2)6-5-10/h8-9H,3-7,10H2,1-2H3. The molecule has 1 saturated carbocycles. The van der Waals surface area contributed by atoms with E-state index in [0.717, 1.165) is 25.0 Å². The van der Waals surface area contributed by atoms with E-state index >= 15 is 0 Å². The van der Waals surface area contributed by atoms with Crippen LogP contribution in [0.4, 0.5) is 0 Å². The van der Waals surface area contributed by atoms with Gasteiger partial charge in [-0.3, -0.25) is 0 Å². The van der Waals surface area contributed by atoms with Gasteiger partial charge < -0.3 is 10.6 Å². The molecule has 0 radical (unpaired) electrons. The molecule has 2 atom stereocenters. The van der Waals surface area contributed by atoms with Gasteiger partial charge in [-0.1, -0.05) is 13.3 Å². The van der Waals surface area contributed by atoms with E-state index in [4.69, 9.17) is 5.73 Å². The lowest BCUT2D eigenvalue weighted by atomic mass is 10.2. The van der Waals surface area contributed by atoms with Crippen LogP contribution in [0.1, 0.15) is 26.2 Å². The molecular weight excluding hydrogens is 136 g/mol. The van der Waals surface area contributed by atoms with E-state index in [1.54, 1.807) is 0 Å². The first-order chi connectivity index (χ1) is 5.29. The van der Waals surface area contributed by atoms with Crippen LogP contribution in [0.25, 0.3) is 0 Å².